The minimum Gasteiger partial charge on any atom is -0.369 e. The van der Waals surface area contributed by atoms with Crippen LogP contribution >= 0.6 is 0 Å². The third kappa shape index (κ3) is 4.08. The zero-order valence-corrected chi connectivity index (χ0v) is 17.6. The second kappa shape index (κ2) is 8.55. The van der Waals surface area contributed by atoms with Gasteiger partial charge < -0.3 is 10.2 Å². The smallest absolute Gasteiger partial charge is 0.260 e. The van der Waals surface area contributed by atoms with E-state index in [1.807, 2.05) is 18.2 Å². The number of piperazine rings is 1. The van der Waals surface area contributed by atoms with Crippen LogP contribution in [0.4, 0.5) is 11.4 Å². The van der Waals surface area contributed by atoms with E-state index in [2.05, 4.69) is 32.6 Å². The molecule has 2 fully saturated rings. The van der Waals surface area contributed by atoms with Crippen LogP contribution in [0.2, 0.25) is 0 Å². The van der Waals surface area contributed by atoms with Gasteiger partial charge >= 0.3 is 0 Å². The summed E-state index contributed by atoms with van der Waals surface area (Å²) in [5.41, 5.74) is 3.77. The summed E-state index contributed by atoms with van der Waals surface area (Å²) in [4.78, 5) is 29.5. The van der Waals surface area contributed by atoms with Crippen molar-refractivity contribution in [3.63, 3.8) is 0 Å². The van der Waals surface area contributed by atoms with E-state index in [0.717, 1.165) is 37.9 Å². The van der Waals surface area contributed by atoms with Crippen molar-refractivity contribution in [3.8, 4) is 0 Å². The number of nitrogens with zero attached hydrogens (tertiary/aromatic N) is 2. The summed E-state index contributed by atoms with van der Waals surface area (Å²) in [6, 6.07) is 16.3. The fraction of sp³-hybridized carbons (Fsp3) is 0.360. The normalized spacial score (nSPS) is 21.3. The molecule has 2 amide bonds. The van der Waals surface area contributed by atoms with Gasteiger partial charge in [0.25, 0.3) is 11.8 Å². The van der Waals surface area contributed by atoms with Crippen LogP contribution in [0.5, 0.6) is 0 Å². The summed E-state index contributed by atoms with van der Waals surface area (Å²) in [7, 11) is 0. The molecule has 0 aromatic heterocycles. The molecule has 6 nitrogen and oxygen atoms in total. The molecule has 0 unspecified atom stereocenters. The largest absolute Gasteiger partial charge is 0.369 e. The van der Waals surface area contributed by atoms with Gasteiger partial charge in [-0.15, -0.1) is 0 Å². The zero-order chi connectivity index (χ0) is 21.2. The van der Waals surface area contributed by atoms with Crippen molar-refractivity contribution < 1.29 is 9.59 Å². The Morgan fingerprint density at radius 1 is 0.839 bits per heavy atom. The molecule has 2 aliphatic heterocycles. The van der Waals surface area contributed by atoms with Crippen molar-refractivity contribution in [1.82, 2.24) is 10.2 Å². The number of nitrogens with one attached hydrogen (secondary N) is 2. The summed E-state index contributed by atoms with van der Waals surface area (Å²) < 4.78 is 0. The predicted octanol–water partition coefficient (Wildman–Crippen LogP) is 3.47. The van der Waals surface area contributed by atoms with E-state index in [1.54, 1.807) is 24.4 Å². The highest BCUT2D eigenvalue weighted by atomic mass is 16.2. The van der Waals surface area contributed by atoms with Crippen LogP contribution < -0.4 is 15.5 Å². The monoisotopic (exact) mass is 416 g/mol. The minimum atomic E-state index is -0.382. The van der Waals surface area contributed by atoms with Crippen LogP contribution in [0, 0.1) is 0 Å². The van der Waals surface area contributed by atoms with E-state index in [-0.39, 0.29) is 11.8 Å². The molecule has 2 heterocycles. The summed E-state index contributed by atoms with van der Waals surface area (Å²) in [6.07, 6.45) is 7.19. The van der Waals surface area contributed by atoms with E-state index < -0.39 is 0 Å². The maximum Gasteiger partial charge on any atom is 0.260 e. The number of hydrogen-bond acceptors (Lipinski definition) is 5. The molecule has 0 spiro atoms. The van der Waals surface area contributed by atoms with Crippen LogP contribution in [0.1, 0.15) is 41.6 Å². The fourth-order valence-corrected chi connectivity index (χ4v) is 4.96. The van der Waals surface area contributed by atoms with Crippen molar-refractivity contribution >= 4 is 28.8 Å². The molecule has 5 rings (SSSR count). The van der Waals surface area contributed by atoms with Crippen LogP contribution in [-0.2, 0) is 4.79 Å². The molecule has 1 saturated heterocycles. The van der Waals surface area contributed by atoms with E-state index >= 15 is 0 Å². The lowest BCUT2D eigenvalue weighted by atomic mass is 9.96. The number of fused-ring (bicyclic) bond motifs is 1. The average Bonchev–Trinajstić information content (AvgIpc) is 3.35. The third-order valence-corrected chi connectivity index (χ3v) is 6.70. The number of hydrogen-bond donors (Lipinski definition) is 2. The molecular weight excluding hydrogens is 388 g/mol. The Labute approximate surface area is 182 Å². The molecule has 6 heteroatoms. The minimum absolute atomic E-state index is 0.352. The first-order chi connectivity index (χ1) is 15.2. The zero-order valence-electron chi connectivity index (χ0n) is 17.6. The summed E-state index contributed by atoms with van der Waals surface area (Å²) in [6.45, 7) is 4.42. The van der Waals surface area contributed by atoms with Crippen LogP contribution in [0.15, 0.2) is 54.7 Å². The molecule has 1 aliphatic carbocycles. The summed E-state index contributed by atoms with van der Waals surface area (Å²) in [5, 5.41) is 5.61. The molecule has 0 bridgehead atoms. The predicted molar refractivity (Wildman–Crippen MR) is 123 cm³/mol. The van der Waals surface area contributed by atoms with Crippen molar-refractivity contribution in [2.45, 2.75) is 31.7 Å². The Morgan fingerprint density at radius 2 is 1.52 bits per heavy atom. The first-order valence-electron chi connectivity index (χ1n) is 11.2. The molecule has 1 saturated carbocycles. The molecule has 2 aromatic carbocycles. The topological polar surface area (TPSA) is 64.7 Å². The Hall–Kier alpha value is -3.12. The summed E-state index contributed by atoms with van der Waals surface area (Å²) in [5.74, 6) is -0.733. The highest BCUT2D eigenvalue weighted by Crippen LogP contribution is 2.27. The van der Waals surface area contributed by atoms with Gasteiger partial charge in [0.2, 0.25) is 0 Å². The lowest BCUT2D eigenvalue weighted by Crippen LogP contribution is -2.49. The fourth-order valence-electron chi connectivity index (χ4n) is 4.96. The van der Waals surface area contributed by atoms with E-state index in [9.17, 15) is 9.59 Å². The average molecular weight is 417 g/mol. The molecule has 31 heavy (non-hydrogen) atoms. The number of benzene rings is 2. The number of carbonyl (C=O) groups is 2. The van der Waals surface area contributed by atoms with Crippen LogP contribution in [0.3, 0.4) is 0 Å². The Kier molecular flexibility index (Phi) is 5.47. The standard InChI is InChI=1S/C25H28N4O2/c30-24-22-8-4-3-7-21(22)23(25(31)27-24)17-26-18-9-11-20(12-10-18)29-15-13-28(14-16-29)19-5-1-2-6-19/h3-4,7-12,17,19,26H,1-2,5-6,13-16H2,(H,27,30,31)/b23-17-. The molecular formula is C25H28N4O2. The van der Waals surface area contributed by atoms with Gasteiger partial charge in [-0.3, -0.25) is 19.8 Å². The van der Waals surface area contributed by atoms with Crippen LogP contribution in [-0.4, -0.2) is 48.9 Å². The number of anilines is 2. The second-order valence-electron chi connectivity index (χ2n) is 8.54. The van der Waals surface area contributed by atoms with E-state index in [1.165, 1.54) is 31.4 Å². The molecule has 2 aromatic rings. The van der Waals surface area contributed by atoms with Gasteiger partial charge in [0.05, 0.1) is 5.57 Å². The van der Waals surface area contributed by atoms with Gasteiger partial charge in [-0.25, -0.2) is 0 Å². The SMILES string of the molecule is O=C1NC(=O)c2ccccc2/C1=C/Nc1ccc(N2CCN(C3CCCC3)CC2)cc1. The van der Waals surface area contributed by atoms with Gasteiger partial charge in [0.15, 0.2) is 0 Å². The molecule has 0 atom stereocenters. The van der Waals surface area contributed by atoms with Gasteiger partial charge in [-0.2, -0.15) is 0 Å². The lowest BCUT2D eigenvalue weighted by Gasteiger charge is -2.39. The molecule has 160 valence electrons. The maximum atomic E-state index is 12.3. The Bertz CT molecular complexity index is 1000. The quantitative estimate of drug-likeness (QED) is 0.590. The highest BCUT2D eigenvalue weighted by molar-refractivity contribution is 6.31. The Morgan fingerprint density at radius 3 is 2.23 bits per heavy atom. The van der Waals surface area contributed by atoms with Crippen molar-refractivity contribution in [3.05, 3.63) is 65.9 Å². The van der Waals surface area contributed by atoms with Gasteiger partial charge in [-0.1, -0.05) is 31.0 Å². The third-order valence-electron chi connectivity index (χ3n) is 6.70. The number of imide groups is 1. The molecule has 3 aliphatic rings. The summed E-state index contributed by atoms with van der Waals surface area (Å²) >= 11 is 0. The lowest BCUT2D eigenvalue weighted by molar-refractivity contribution is -0.114. The van der Waals surface area contributed by atoms with Crippen molar-refractivity contribution in [2.75, 3.05) is 36.4 Å². The first-order valence-corrected chi connectivity index (χ1v) is 11.2. The van der Waals surface area contributed by atoms with Crippen LogP contribution in [0.25, 0.3) is 5.57 Å². The maximum absolute atomic E-state index is 12.3. The second-order valence-corrected chi connectivity index (χ2v) is 8.54. The van der Waals surface area contributed by atoms with Crippen molar-refractivity contribution in [1.29, 1.82) is 0 Å². The van der Waals surface area contributed by atoms with Gasteiger partial charge in [0, 0.05) is 60.9 Å². The van der Waals surface area contributed by atoms with E-state index in [0.29, 0.717) is 16.7 Å². The first kappa shape index (κ1) is 19.8. The molecule has 0 radical (unpaired) electrons. The highest BCUT2D eigenvalue weighted by Gasteiger charge is 2.27. The van der Waals surface area contributed by atoms with E-state index in [4.69, 9.17) is 0 Å². The number of carbonyl (C=O) groups excluding carboxylic acids is 2. The number of rotatable bonds is 4. The van der Waals surface area contributed by atoms with Gasteiger partial charge in [0.1, 0.15) is 0 Å². The Balaban J connectivity index is 1.24. The van der Waals surface area contributed by atoms with Gasteiger partial charge in [-0.05, 0) is 43.2 Å². The molecule has 2 N–H and O–H groups in total. The van der Waals surface area contributed by atoms with Crippen molar-refractivity contribution in [2.24, 2.45) is 0 Å². The number of amides is 2.